The quantitative estimate of drug-likeness (QED) is 0.585. The first-order valence-electron chi connectivity index (χ1n) is 7.16. The zero-order valence-corrected chi connectivity index (χ0v) is 12.7. The molecule has 1 aromatic rings. The van der Waals surface area contributed by atoms with Crippen LogP contribution in [0.4, 0.5) is 17.3 Å². The highest BCUT2D eigenvalue weighted by atomic mass is 16.6. The summed E-state index contributed by atoms with van der Waals surface area (Å²) >= 11 is 0. The van der Waals surface area contributed by atoms with Gasteiger partial charge in [-0.25, -0.2) is 4.98 Å². The molecule has 1 saturated carbocycles. The normalized spacial score (nSPS) is 15.6. The molecule has 7 nitrogen and oxygen atoms in total. The van der Waals surface area contributed by atoms with E-state index in [0.29, 0.717) is 36.7 Å². The number of nitrogens with one attached hydrogen (secondary N) is 1. The Labute approximate surface area is 124 Å². The van der Waals surface area contributed by atoms with Gasteiger partial charge in [0, 0.05) is 26.7 Å². The molecule has 7 heteroatoms. The van der Waals surface area contributed by atoms with E-state index in [1.807, 2.05) is 0 Å². The molecule has 1 aromatic heterocycles. The molecular formula is C14H22N4O3. The van der Waals surface area contributed by atoms with Gasteiger partial charge in [-0.05, 0) is 25.7 Å². The monoisotopic (exact) mass is 294 g/mol. The van der Waals surface area contributed by atoms with Crippen LogP contribution in [0.25, 0.3) is 0 Å². The predicted octanol–water partition coefficient (Wildman–Crippen LogP) is 2.28. The maximum atomic E-state index is 11.1. The second-order valence-electron chi connectivity index (χ2n) is 5.34. The molecule has 0 bridgehead atoms. The standard InChI is InChI=1S/C14H22N4O3/c1-10(11-4-5-11)17(6-7-21-3)14-9-12(18(19)20)8-13(15-2)16-14/h8-11H,4-7H2,1-3H3,(H,15,16). The van der Waals surface area contributed by atoms with Gasteiger partial charge >= 0.3 is 0 Å². The van der Waals surface area contributed by atoms with Gasteiger partial charge in [-0.3, -0.25) is 10.1 Å². The molecule has 2 rings (SSSR count). The number of nitro groups is 1. The van der Waals surface area contributed by atoms with Crippen LogP contribution in [0.1, 0.15) is 19.8 Å². The fraction of sp³-hybridized carbons (Fsp3) is 0.643. The third kappa shape index (κ3) is 3.81. The molecule has 1 fully saturated rings. The van der Waals surface area contributed by atoms with E-state index in [2.05, 4.69) is 22.1 Å². The van der Waals surface area contributed by atoms with Crippen LogP contribution in [0.5, 0.6) is 0 Å². The third-order valence-corrected chi connectivity index (χ3v) is 3.89. The van der Waals surface area contributed by atoms with Gasteiger partial charge in [0.1, 0.15) is 11.6 Å². The van der Waals surface area contributed by atoms with Gasteiger partial charge in [0.15, 0.2) is 0 Å². The van der Waals surface area contributed by atoms with Gasteiger partial charge in [0.2, 0.25) is 0 Å². The molecule has 1 unspecified atom stereocenters. The van der Waals surface area contributed by atoms with Crippen LogP contribution in [-0.4, -0.2) is 43.3 Å². The van der Waals surface area contributed by atoms with E-state index < -0.39 is 0 Å². The molecule has 1 aliphatic carbocycles. The Bertz CT molecular complexity index is 505. The van der Waals surface area contributed by atoms with E-state index >= 15 is 0 Å². The summed E-state index contributed by atoms with van der Waals surface area (Å²) in [5.74, 6) is 1.77. The minimum atomic E-state index is -0.387. The molecule has 1 heterocycles. The highest BCUT2D eigenvalue weighted by Gasteiger charge is 2.33. The Morgan fingerprint density at radius 3 is 2.81 bits per heavy atom. The SMILES string of the molecule is CNc1cc([N+](=O)[O-])cc(N(CCOC)C(C)C2CC2)n1. The number of aromatic nitrogens is 1. The second kappa shape index (κ2) is 6.71. The number of rotatable bonds is 8. The fourth-order valence-corrected chi connectivity index (χ4v) is 2.43. The molecule has 1 N–H and O–H groups in total. The third-order valence-electron chi connectivity index (χ3n) is 3.89. The van der Waals surface area contributed by atoms with Crippen LogP contribution in [-0.2, 0) is 4.74 Å². The average Bonchev–Trinajstić information content (AvgIpc) is 3.31. The number of nitrogens with zero attached hydrogens (tertiary/aromatic N) is 3. The van der Waals surface area contributed by atoms with Gasteiger partial charge in [0.05, 0.1) is 23.7 Å². The Morgan fingerprint density at radius 1 is 1.57 bits per heavy atom. The van der Waals surface area contributed by atoms with Crippen LogP contribution < -0.4 is 10.2 Å². The number of ether oxygens (including phenoxy) is 1. The van der Waals surface area contributed by atoms with Gasteiger partial charge in [-0.2, -0.15) is 0 Å². The highest BCUT2D eigenvalue weighted by molar-refractivity contribution is 5.56. The molecular weight excluding hydrogens is 272 g/mol. The predicted molar refractivity (Wildman–Crippen MR) is 81.8 cm³/mol. The van der Waals surface area contributed by atoms with E-state index in [0.717, 1.165) is 0 Å². The van der Waals surface area contributed by atoms with Crippen molar-refractivity contribution >= 4 is 17.3 Å². The van der Waals surface area contributed by atoms with Crippen molar-refractivity contribution in [2.75, 3.05) is 37.5 Å². The molecule has 0 radical (unpaired) electrons. The number of pyridine rings is 1. The number of hydrogen-bond donors (Lipinski definition) is 1. The molecule has 0 aromatic carbocycles. The van der Waals surface area contributed by atoms with Gasteiger partial charge in [-0.15, -0.1) is 0 Å². The minimum Gasteiger partial charge on any atom is -0.383 e. The van der Waals surface area contributed by atoms with Crippen molar-refractivity contribution in [1.29, 1.82) is 0 Å². The summed E-state index contributed by atoms with van der Waals surface area (Å²) in [6.45, 7) is 3.38. The molecule has 21 heavy (non-hydrogen) atoms. The van der Waals surface area contributed by atoms with Crippen LogP contribution in [0.2, 0.25) is 0 Å². The van der Waals surface area contributed by atoms with E-state index in [-0.39, 0.29) is 10.6 Å². The molecule has 1 atom stereocenters. The average molecular weight is 294 g/mol. The Balaban J connectivity index is 2.32. The van der Waals surface area contributed by atoms with E-state index in [4.69, 9.17) is 4.74 Å². The van der Waals surface area contributed by atoms with Crippen molar-refractivity contribution in [2.45, 2.75) is 25.8 Å². The van der Waals surface area contributed by atoms with Gasteiger partial charge in [-0.1, -0.05) is 0 Å². The topological polar surface area (TPSA) is 80.5 Å². The van der Waals surface area contributed by atoms with Crippen LogP contribution >= 0.6 is 0 Å². The Kier molecular flexibility index (Phi) is 4.95. The lowest BCUT2D eigenvalue weighted by molar-refractivity contribution is -0.384. The maximum absolute atomic E-state index is 11.1. The minimum absolute atomic E-state index is 0.0507. The van der Waals surface area contributed by atoms with Crippen LogP contribution in [0.15, 0.2) is 12.1 Å². The largest absolute Gasteiger partial charge is 0.383 e. The van der Waals surface area contributed by atoms with E-state index in [9.17, 15) is 10.1 Å². The number of methoxy groups -OCH3 is 1. The van der Waals surface area contributed by atoms with Crippen molar-refractivity contribution in [3.8, 4) is 0 Å². The first kappa shape index (κ1) is 15.5. The molecule has 0 amide bonds. The lowest BCUT2D eigenvalue weighted by atomic mass is 10.1. The second-order valence-corrected chi connectivity index (χ2v) is 5.34. The van der Waals surface area contributed by atoms with Crippen molar-refractivity contribution < 1.29 is 9.66 Å². The summed E-state index contributed by atoms with van der Waals surface area (Å²) in [5, 5.41) is 14.0. The van der Waals surface area contributed by atoms with Crippen molar-refractivity contribution in [2.24, 2.45) is 5.92 Å². The lowest BCUT2D eigenvalue weighted by Crippen LogP contribution is -2.38. The number of hydrogen-bond acceptors (Lipinski definition) is 6. The summed E-state index contributed by atoms with van der Waals surface area (Å²) in [4.78, 5) is 17.3. The first-order valence-corrected chi connectivity index (χ1v) is 7.16. The summed E-state index contributed by atoms with van der Waals surface area (Å²) < 4.78 is 5.16. The van der Waals surface area contributed by atoms with E-state index in [1.165, 1.54) is 25.0 Å². The highest BCUT2D eigenvalue weighted by Crippen LogP contribution is 2.37. The maximum Gasteiger partial charge on any atom is 0.276 e. The Hall–Kier alpha value is -1.89. The van der Waals surface area contributed by atoms with Crippen molar-refractivity contribution in [3.05, 3.63) is 22.2 Å². The van der Waals surface area contributed by atoms with Crippen LogP contribution in [0, 0.1) is 16.0 Å². The lowest BCUT2D eigenvalue weighted by Gasteiger charge is -2.30. The summed E-state index contributed by atoms with van der Waals surface area (Å²) in [6, 6.07) is 3.29. The summed E-state index contributed by atoms with van der Waals surface area (Å²) in [7, 11) is 3.36. The molecule has 116 valence electrons. The van der Waals surface area contributed by atoms with Gasteiger partial charge in [0.25, 0.3) is 5.69 Å². The van der Waals surface area contributed by atoms with Crippen LogP contribution in [0.3, 0.4) is 0 Å². The van der Waals surface area contributed by atoms with E-state index in [1.54, 1.807) is 14.2 Å². The smallest absolute Gasteiger partial charge is 0.276 e. The zero-order chi connectivity index (χ0) is 15.4. The first-order chi connectivity index (χ1) is 10.1. The fourth-order valence-electron chi connectivity index (χ4n) is 2.43. The van der Waals surface area contributed by atoms with Gasteiger partial charge < -0.3 is 15.0 Å². The number of anilines is 2. The summed E-state index contributed by atoms with van der Waals surface area (Å²) in [5.41, 5.74) is 0.0507. The molecule has 0 saturated heterocycles. The van der Waals surface area contributed by atoms with Crippen molar-refractivity contribution in [3.63, 3.8) is 0 Å². The molecule has 0 spiro atoms. The van der Waals surface area contributed by atoms with Crippen molar-refractivity contribution in [1.82, 2.24) is 4.98 Å². The zero-order valence-electron chi connectivity index (χ0n) is 12.7. The molecule has 1 aliphatic rings. The molecule has 0 aliphatic heterocycles. The Morgan fingerprint density at radius 2 is 2.29 bits per heavy atom. The summed E-state index contributed by atoms with van der Waals surface area (Å²) in [6.07, 6.45) is 2.41.